The number of sulfone groups is 1. The Labute approximate surface area is 97.0 Å². The number of aliphatic hydroxyl groups excluding tert-OH is 1. The summed E-state index contributed by atoms with van der Waals surface area (Å²) in [4.78, 5) is 0. The van der Waals surface area contributed by atoms with Gasteiger partial charge >= 0.3 is 0 Å². The first kappa shape index (κ1) is 13.2. The third-order valence-corrected chi connectivity index (χ3v) is 4.47. The van der Waals surface area contributed by atoms with Crippen molar-refractivity contribution in [1.82, 2.24) is 0 Å². The Morgan fingerprint density at radius 1 is 1.25 bits per heavy atom. The van der Waals surface area contributed by atoms with Crippen LogP contribution in [0.3, 0.4) is 0 Å². The Morgan fingerprint density at radius 2 is 1.81 bits per heavy atom. The van der Waals surface area contributed by atoms with Crippen LogP contribution in [0.1, 0.15) is 29.7 Å². The maximum absolute atomic E-state index is 11.4. The summed E-state index contributed by atoms with van der Waals surface area (Å²) in [5, 5.41) is 9.23. The van der Waals surface area contributed by atoms with Crippen LogP contribution < -0.4 is 0 Å². The monoisotopic (exact) mass is 242 g/mol. The molecular formula is C12H18O3S. The third-order valence-electron chi connectivity index (χ3n) is 2.86. The first-order valence-corrected chi connectivity index (χ1v) is 7.13. The van der Waals surface area contributed by atoms with E-state index in [0.29, 0.717) is 5.56 Å². The highest BCUT2D eigenvalue weighted by atomic mass is 32.2. The summed E-state index contributed by atoms with van der Waals surface area (Å²) in [6.07, 6.45) is 0.181. The highest BCUT2D eigenvalue weighted by molar-refractivity contribution is 7.91. The third kappa shape index (κ3) is 2.83. The maximum atomic E-state index is 11.4. The van der Waals surface area contributed by atoms with E-state index in [0.717, 1.165) is 17.4 Å². The average molecular weight is 242 g/mol. The lowest BCUT2D eigenvalue weighted by atomic mass is 9.99. The number of aliphatic hydroxyl groups is 1. The van der Waals surface area contributed by atoms with Crippen LogP contribution in [-0.4, -0.2) is 25.0 Å². The Hall–Kier alpha value is -0.870. The zero-order chi connectivity index (χ0) is 12.5. The molecule has 0 bridgehead atoms. The molecule has 0 spiro atoms. The summed E-state index contributed by atoms with van der Waals surface area (Å²) < 4.78 is 22.7. The normalized spacial score (nSPS) is 15.8. The predicted octanol–water partition coefficient (Wildman–Crippen LogP) is 1.77. The lowest BCUT2D eigenvalue weighted by Gasteiger charge is -2.19. The molecule has 90 valence electrons. The van der Waals surface area contributed by atoms with Gasteiger partial charge in [-0.2, -0.15) is 0 Å². The minimum Gasteiger partial charge on any atom is -0.387 e. The molecule has 0 aliphatic carbocycles. The Kier molecular flexibility index (Phi) is 3.76. The van der Waals surface area contributed by atoms with Crippen LogP contribution in [0, 0.1) is 13.8 Å². The van der Waals surface area contributed by atoms with E-state index < -0.39 is 21.2 Å². The van der Waals surface area contributed by atoms with Crippen molar-refractivity contribution in [2.45, 2.75) is 32.1 Å². The number of benzene rings is 1. The highest BCUT2D eigenvalue weighted by Gasteiger charge is 2.26. The molecule has 0 fully saturated rings. The fourth-order valence-electron chi connectivity index (χ4n) is 1.64. The summed E-state index contributed by atoms with van der Waals surface area (Å²) in [7, 11) is -3.23. The van der Waals surface area contributed by atoms with Gasteiger partial charge in [0.2, 0.25) is 0 Å². The molecule has 1 aromatic rings. The van der Waals surface area contributed by atoms with Crippen molar-refractivity contribution in [2.24, 2.45) is 0 Å². The van der Waals surface area contributed by atoms with Crippen molar-refractivity contribution in [3.63, 3.8) is 0 Å². The van der Waals surface area contributed by atoms with Crippen molar-refractivity contribution in [1.29, 1.82) is 0 Å². The zero-order valence-electron chi connectivity index (χ0n) is 10.1. The van der Waals surface area contributed by atoms with Gasteiger partial charge in [0.25, 0.3) is 0 Å². The number of hydrogen-bond acceptors (Lipinski definition) is 3. The van der Waals surface area contributed by atoms with Gasteiger partial charge in [-0.1, -0.05) is 23.8 Å². The van der Waals surface area contributed by atoms with Gasteiger partial charge in [-0.15, -0.1) is 0 Å². The van der Waals surface area contributed by atoms with Gasteiger partial charge in [0, 0.05) is 6.26 Å². The SMILES string of the molecule is Cc1ccc(C(O)C(C)S(C)(=O)=O)c(C)c1. The van der Waals surface area contributed by atoms with E-state index in [1.165, 1.54) is 6.92 Å². The lowest BCUT2D eigenvalue weighted by molar-refractivity contribution is 0.175. The molecule has 1 N–H and O–H groups in total. The zero-order valence-corrected chi connectivity index (χ0v) is 10.9. The summed E-state index contributed by atoms with van der Waals surface area (Å²) >= 11 is 0. The quantitative estimate of drug-likeness (QED) is 0.879. The van der Waals surface area contributed by atoms with Crippen molar-refractivity contribution in [3.05, 3.63) is 34.9 Å². The molecule has 0 saturated heterocycles. The number of aryl methyl sites for hydroxylation is 2. The highest BCUT2D eigenvalue weighted by Crippen LogP contribution is 2.25. The molecule has 0 saturated carbocycles. The minimum absolute atomic E-state index is 0.684. The molecule has 2 atom stereocenters. The molecule has 0 aliphatic rings. The van der Waals surface area contributed by atoms with Crippen LogP contribution in [0.5, 0.6) is 0 Å². The van der Waals surface area contributed by atoms with Crippen molar-refractivity contribution < 1.29 is 13.5 Å². The van der Waals surface area contributed by atoms with Crippen LogP contribution in [0.15, 0.2) is 18.2 Å². The van der Waals surface area contributed by atoms with E-state index >= 15 is 0 Å². The van der Waals surface area contributed by atoms with E-state index in [-0.39, 0.29) is 0 Å². The van der Waals surface area contributed by atoms with E-state index in [4.69, 9.17) is 0 Å². The fraction of sp³-hybridized carbons (Fsp3) is 0.500. The first-order valence-electron chi connectivity index (χ1n) is 5.17. The smallest absolute Gasteiger partial charge is 0.152 e. The second kappa shape index (κ2) is 4.55. The molecule has 16 heavy (non-hydrogen) atoms. The summed E-state index contributed by atoms with van der Waals surface area (Å²) in [5.74, 6) is 0. The standard InChI is InChI=1S/C12H18O3S/c1-8-5-6-11(9(2)7-8)12(13)10(3)16(4,14)15/h5-7,10,12-13H,1-4H3. The average Bonchev–Trinajstić information content (AvgIpc) is 2.14. The lowest BCUT2D eigenvalue weighted by Crippen LogP contribution is -2.24. The molecule has 2 unspecified atom stereocenters. The molecule has 0 radical (unpaired) electrons. The predicted molar refractivity (Wildman–Crippen MR) is 65.2 cm³/mol. The summed E-state index contributed by atoms with van der Waals surface area (Å²) in [5.41, 5.74) is 2.70. The Bertz CT molecular complexity index is 477. The van der Waals surface area contributed by atoms with Gasteiger partial charge in [-0.25, -0.2) is 8.42 Å². The molecule has 0 amide bonds. The molecule has 0 aliphatic heterocycles. The largest absolute Gasteiger partial charge is 0.387 e. The van der Waals surface area contributed by atoms with Crippen LogP contribution >= 0.6 is 0 Å². The molecule has 1 rings (SSSR count). The van der Waals surface area contributed by atoms with E-state index in [1.807, 2.05) is 26.0 Å². The summed E-state index contributed by atoms with van der Waals surface area (Å²) in [6, 6.07) is 5.60. The van der Waals surface area contributed by atoms with Gasteiger partial charge in [-0.05, 0) is 31.9 Å². The van der Waals surface area contributed by atoms with Crippen LogP contribution in [-0.2, 0) is 9.84 Å². The second-order valence-corrected chi connectivity index (χ2v) is 6.74. The molecule has 4 heteroatoms. The van der Waals surface area contributed by atoms with Crippen molar-refractivity contribution in [3.8, 4) is 0 Å². The topological polar surface area (TPSA) is 54.4 Å². The van der Waals surface area contributed by atoms with Gasteiger partial charge in [0.05, 0.1) is 11.4 Å². The van der Waals surface area contributed by atoms with E-state index in [1.54, 1.807) is 6.07 Å². The van der Waals surface area contributed by atoms with E-state index in [2.05, 4.69) is 0 Å². The molecule has 0 heterocycles. The van der Waals surface area contributed by atoms with Gasteiger partial charge in [0.1, 0.15) is 0 Å². The maximum Gasteiger partial charge on any atom is 0.152 e. The second-order valence-electron chi connectivity index (χ2n) is 4.34. The van der Waals surface area contributed by atoms with Gasteiger partial charge in [-0.3, -0.25) is 0 Å². The molecular weight excluding hydrogens is 224 g/mol. The minimum atomic E-state index is -3.23. The van der Waals surface area contributed by atoms with Crippen molar-refractivity contribution >= 4 is 9.84 Å². The van der Waals surface area contributed by atoms with Gasteiger partial charge < -0.3 is 5.11 Å². The molecule has 1 aromatic carbocycles. The first-order chi connectivity index (χ1) is 7.23. The number of hydrogen-bond donors (Lipinski definition) is 1. The van der Waals surface area contributed by atoms with Crippen LogP contribution in [0.25, 0.3) is 0 Å². The Balaban J connectivity index is 3.10. The molecule has 0 aromatic heterocycles. The number of rotatable bonds is 3. The van der Waals surface area contributed by atoms with Crippen molar-refractivity contribution in [2.75, 3.05) is 6.26 Å². The summed E-state index contributed by atoms with van der Waals surface area (Å²) in [6.45, 7) is 5.36. The van der Waals surface area contributed by atoms with E-state index in [9.17, 15) is 13.5 Å². The van der Waals surface area contributed by atoms with Crippen LogP contribution in [0.4, 0.5) is 0 Å². The fourth-order valence-corrected chi connectivity index (χ4v) is 2.26. The molecule has 3 nitrogen and oxygen atoms in total. The van der Waals surface area contributed by atoms with Crippen LogP contribution in [0.2, 0.25) is 0 Å². The van der Waals surface area contributed by atoms with Gasteiger partial charge in [0.15, 0.2) is 9.84 Å². The Morgan fingerprint density at radius 3 is 2.25 bits per heavy atom.